The molecule has 2 aromatic carbocycles. The molecular formula is C22H27BrN2O2. The number of para-hydroxylation sites is 1. The van der Waals surface area contributed by atoms with E-state index in [0.29, 0.717) is 18.3 Å². The molecule has 1 heterocycles. The van der Waals surface area contributed by atoms with Crippen LogP contribution in [-0.2, 0) is 0 Å². The normalized spacial score (nSPS) is 19.8. The third-order valence-corrected chi connectivity index (χ3v) is 5.21. The zero-order chi connectivity index (χ0) is 19.4. The van der Waals surface area contributed by atoms with E-state index in [4.69, 9.17) is 9.73 Å². The first kappa shape index (κ1) is 19.9. The van der Waals surface area contributed by atoms with Crippen LogP contribution in [0.1, 0.15) is 50.8 Å². The fourth-order valence-corrected chi connectivity index (χ4v) is 3.72. The third-order valence-electron chi connectivity index (χ3n) is 4.68. The molecule has 3 rings (SSSR count). The highest BCUT2D eigenvalue weighted by Gasteiger charge is 2.28. The summed E-state index contributed by atoms with van der Waals surface area (Å²) >= 11 is 3.50. The number of hydrogen-bond acceptors (Lipinski definition) is 4. The first-order valence-corrected chi connectivity index (χ1v) is 10.3. The number of rotatable bonds is 6. The molecular weight excluding hydrogens is 404 g/mol. The summed E-state index contributed by atoms with van der Waals surface area (Å²) in [6, 6.07) is 14.0. The highest BCUT2D eigenvalue weighted by atomic mass is 79.9. The van der Waals surface area contributed by atoms with E-state index in [1.165, 1.54) is 0 Å². The van der Waals surface area contributed by atoms with Crippen molar-refractivity contribution in [3.63, 3.8) is 0 Å². The fourth-order valence-electron chi connectivity index (χ4n) is 3.46. The number of phenolic OH excluding ortho intramolecular Hbond substituents is 1. The largest absolute Gasteiger partial charge is 0.504 e. The molecule has 2 N–H and O–H groups in total. The molecule has 0 bridgehead atoms. The Kier molecular flexibility index (Phi) is 6.55. The number of halogens is 1. The number of phenols is 1. The van der Waals surface area contributed by atoms with Crippen LogP contribution in [0.5, 0.6) is 11.5 Å². The van der Waals surface area contributed by atoms with Crippen molar-refractivity contribution in [2.75, 3.05) is 6.61 Å². The van der Waals surface area contributed by atoms with E-state index in [9.17, 15) is 5.11 Å². The summed E-state index contributed by atoms with van der Waals surface area (Å²) in [6.07, 6.45) is 1.69. The van der Waals surface area contributed by atoms with Crippen molar-refractivity contribution >= 4 is 21.6 Å². The number of aliphatic imine (C=N–C) groups is 1. The predicted octanol–water partition coefficient (Wildman–Crippen LogP) is 5.45. The van der Waals surface area contributed by atoms with Gasteiger partial charge in [-0.1, -0.05) is 54.0 Å². The Labute approximate surface area is 169 Å². The topological polar surface area (TPSA) is 53.8 Å². The molecule has 4 nitrogen and oxygen atoms in total. The van der Waals surface area contributed by atoms with E-state index >= 15 is 0 Å². The number of nitrogens with zero attached hydrogens (tertiary/aromatic N) is 1. The molecule has 0 aromatic heterocycles. The van der Waals surface area contributed by atoms with Crippen molar-refractivity contribution in [3.8, 4) is 11.5 Å². The Bertz CT molecular complexity index is 802. The number of hydrogen-bond donors (Lipinski definition) is 2. The standard InChI is InChI=1S/C22H27BrN2O2/c1-4-27-20-7-5-6-17(22(20)26)19-13-18(15-8-10-16(23)11-9-15)24-21(25-19)12-14(2)3/h5-11,14,19,21,25-26H,4,12-13H2,1-3H3/t19-,21+/m0/s1. The first-order chi connectivity index (χ1) is 13.0. The molecule has 5 heteroatoms. The molecule has 1 aliphatic rings. The van der Waals surface area contributed by atoms with E-state index in [-0.39, 0.29) is 18.0 Å². The van der Waals surface area contributed by atoms with Crippen LogP contribution in [0.3, 0.4) is 0 Å². The van der Waals surface area contributed by atoms with Crippen LogP contribution in [0.4, 0.5) is 0 Å². The lowest BCUT2D eigenvalue weighted by atomic mass is 9.93. The summed E-state index contributed by atoms with van der Waals surface area (Å²) in [6.45, 7) is 6.85. The highest BCUT2D eigenvalue weighted by Crippen LogP contribution is 2.37. The molecule has 2 aromatic rings. The lowest BCUT2D eigenvalue weighted by molar-refractivity contribution is 0.311. The molecule has 0 aliphatic carbocycles. The SMILES string of the molecule is CCOc1cccc([C@@H]2CC(c3ccc(Br)cc3)=N[C@@H](CC(C)C)N2)c1O. The molecule has 1 aliphatic heterocycles. The van der Waals surface area contributed by atoms with Gasteiger partial charge in [-0.3, -0.25) is 10.3 Å². The van der Waals surface area contributed by atoms with Crippen LogP contribution in [0, 0.1) is 5.92 Å². The predicted molar refractivity (Wildman–Crippen MR) is 114 cm³/mol. The lowest BCUT2D eigenvalue weighted by Crippen LogP contribution is -2.39. The molecule has 144 valence electrons. The van der Waals surface area contributed by atoms with E-state index < -0.39 is 0 Å². The van der Waals surface area contributed by atoms with Crippen molar-refractivity contribution < 1.29 is 9.84 Å². The van der Waals surface area contributed by atoms with E-state index in [1.807, 2.05) is 31.2 Å². The van der Waals surface area contributed by atoms with Gasteiger partial charge in [-0.05, 0) is 43.0 Å². The van der Waals surface area contributed by atoms with Crippen molar-refractivity contribution in [1.29, 1.82) is 0 Å². The summed E-state index contributed by atoms with van der Waals surface area (Å²) in [5.41, 5.74) is 3.05. The summed E-state index contributed by atoms with van der Waals surface area (Å²) in [5, 5.41) is 14.3. The van der Waals surface area contributed by atoms with E-state index in [0.717, 1.165) is 34.2 Å². The van der Waals surface area contributed by atoms with Crippen LogP contribution in [0.2, 0.25) is 0 Å². The van der Waals surface area contributed by atoms with Crippen LogP contribution in [0.15, 0.2) is 51.9 Å². The summed E-state index contributed by atoms with van der Waals surface area (Å²) in [7, 11) is 0. The monoisotopic (exact) mass is 430 g/mol. The maximum absolute atomic E-state index is 10.7. The molecule has 0 unspecified atom stereocenters. The molecule has 0 fully saturated rings. The second-order valence-electron chi connectivity index (χ2n) is 7.28. The van der Waals surface area contributed by atoms with Crippen molar-refractivity contribution in [3.05, 3.63) is 58.1 Å². The van der Waals surface area contributed by atoms with Crippen molar-refractivity contribution in [2.45, 2.75) is 45.8 Å². The van der Waals surface area contributed by atoms with E-state index in [2.05, 4.69) is 47.2 Å². The number of nitrogens with one attached hydrogen (secondary N) is 1. The molecule has 2 atom stereocenters. The molecule has 0 radical (unpaired) electrons. The molecule has 0 spiro atoms. The summed E-state index contributed by atoms with van der Waals surface area (Å²) in [5.74, 6) is 1.28. The number of aromatic hydroxyl groups is 1. The second kappa shape index (κ2) is 8.89. The van der Waals surface area contributed by atoms with Gasteiger partial charge in [0.1, 0.15) is 6.17 Å². The van der Waals surface area contributed by atoms with E-state index in [1.54, 1.807) is 6.07 Å². The maximum atomic E-state index is 10.7. The van der Waals surface area contributed by atoms with Gasteiger partial charge >= 0.3 is 0 Å². The van der Waals surface area contributed by atoms with Crippen LogP contribution in [-0.4, -0.2) is 23.6 Å². The van der Waals surface area contributed by atoms with Crippen molar-refractivity contribution in [1.82, 2.24) is 5.32 Å². The smallest absolute Gasteiger partial charge is 0.162 e. The van der Waals surface area contributed by atoms with Gasteiger partial charge in [-0.25, -0.2) is 0 Å². The average Bonchev–Trinajstić information content (AvgIpc) is 2.63. The summed E-state index contributed by atoms with van der Waals surface area (Å²) in [4.78, 5) is 4.96. The molecule has 0 saturated carbocycles. The van der Waals surface area contributed by atoms with Gasteiger partial charge in [0.15, 0.2) is 11.5 Å². The quantitative estimate of drug-likeness (QED) is 0.640. The van der Waals surface area contributed by atoms with Gasteiger partial charge in [0.05, 0.1) is 6.61 Å². The highest BCUT2D eigenvalue weighted by molar-refractivity contribution is 9.10. The van der Waals surface area contributed by atoms with Crippen LogP contribution >= 0.6 is 15.9 Å². The van der Waals surface area contributed by atoms with Gasteiger partial charge in [0, 0.05) is 28.2 Å². The zero-order valence-electron chi connectivity index (χ0n) is 16.1. The maximum Gasteiger partial charge on any atom is 0.162 e. The molecule has 0 amide bonds. The minimum Gasteiger partial charge on any atom is -0.504 e. The van der Waals surface area contributed by atoms with Crippen LogP contribution < -0.4 is 10.1 Å². The Balaban J connectivity index is 1.94. The third kappa shape index (κ3) is 4.90. The van der Waals surface area contributed by atoms with Gasteiger partial charge in [-0.15, -0.1) is 0 Å². The Morgan fingerprint density at radius 3 is 2.63 bits per heavy atom. The second-order valence-corrected chi connectivity index (χ2v) is 8.19. The summed E-state index contributed by atoms with van der Waals surface area (Å²) < 4.78 is 6.62. The van der Waals surface area contributed by atoms with Gasteiger partial charge in [-0.2, -0.15) is 0 Å². The molecule has 27 heavy (non-hydrogen) atoms. The van der Waals surface area contributed by atoms with Crippen LogP contribution in [0.25, 0.3) is 0 Å². The van der Waals surface area contributed by atoms with Gasteiger partial charge in [0.25, 0.3) is 0 Å². The van der Waals surface area contributed by atoms with Gasteiger partial charge in [0.2, 0.25) is 0 Å². The van der Waals surface area contributed by atoms with Crippen molar-refractivity contribution in [2.24, 2.45) is 10.9 Å². The average molecular weight is 431 g/mol. The Morgan fingerprint density at radius 2 is 1.96 bits per heavy atom. The van der Waals surface area contributed by atoms with Gasteiger partial charge < -0.3 is 9.84 Å². The lowest BCUT2D eigenvalue weighted by Gasteiger charge is -2.31. The fraction of sp³-hybridized carbons (Fsp3) is 0.409. The minimum absolute atomic E-state index is 0.00898. The number of benzene rings is 2. The Hall–Kier alpha value is -1.85. The Morgan fingerprint density at radius 1 is 1.22 bits per heavy atom. The minimum atomic E-state index is -0.00898. The molecule has 0 saturated heterocycles. The number of ether oxygens (including phenoxy) is 1. The zero-order valence-corrected chi connectivity index (χ0v) is 17.7. The first-order valence-electron chi connectivity index (χ1n) is 9.51.